The Labute approximate surface area is 173 Å². The molecule has 1 saturated heterocycles. The van der Waals surface area contributed by atoms with Gasteiger partial charge in [0, 0.05) is 46.0 Å². The summed E-state index contributed by atoms with van der Waals surface area (Å²) in [7, 11) is 1.78. The van der Waals surface area contributed by atoms with Crippen LogP contribution in [0.5, 0.6) is 0 Å². The van der Waals surface area contributed by atoms with E-state index in [1.165, 1.54) is 12.8 Å². The van der Waals surface area contributed by atoms with Crippen molar-refractivity contribution in [2.24, 2.45) is 10.9 Å². The Bertz CT molecular complexity index is 722. The third kappa shape index (κ3) is 7.09. The molecule has 7 heteroatoms. The molecule has 158 valence electrons. The normalized spacial score (nSPS) is 15.5. The van der Waals surface area contributed by atoms with Crippen LogP contribution in [0, 0.1) is 5.92 Å². The number of aliphatic imine (C=N–C) groups is 1. The first-order valence-electron chi connectivity index (χ1n) is 10.5. The van der Waals surface area contributed by atoms with E-state index < -0.39 is 0 Å². The van der Waals surface area contributed by atoms with Crippen LogP contribution in [0.1, 0.15) is 37.5 Å². The van der Waals surface area contributed by atoms with E-state index in [2.05, 4.69) is 44.6 Å². The van der Waals surface area contributed by atoms with Gasteiger partial charge in [0.1, 0.15) is 18.2 Å². The molecule has 0 atom stereocenters. The highest BCUT2D eigenvalue weighted by atomic mass is 16.5. The summed E-state index contributed by atoms with van der Waals surface area (Å²) in [5.41, 5.74) is 1.14. The van der Waals surface area contributed by atoms with Crippen molar-refractivity contribution in [3.8, 4) is 0 Å². The van der Waals surface area contributed by atoms with Gasteiger partial charge in [0.05, 0.1) is 6.26 Å². The molecule has 0 aliphatic carbocycles. The Morgan fingerprint density at radius 2 is 2.14 bits per heavy atom. The molecule has 0 spiro atoms. The highest BCUT2D eigenvalue weighted by molar-refractivity contribution is 5.79. The molecule has 1 aliphatic heterocycles. The van der Waals surface area contributed by atoms with E-state index in [0.717, 1.165) is 55.1 Å². The van der Waals surface area contributed by atoms with Crippen molar-refractivity contribution in [3.05, 3.63) is 48.0 Å². The largest absolute Gasteiger partial charge is 0.467 e. The Balaban J connectivity index is 1.31. The average Bonchev–Trinajstić information content (AvgIpc) is 3.27. The van der Waals surface area contributed by atoms with E-state index in [1.807, 2.05) is 18.3 Å². The Kier molecular flexibility index (Phi) is 8.37. The molecule has 2 N–H and O–H groups in total. The van der Waals surface area contributed by atoms with Gasteiger partial charge >= 0.3 is 0 Å². The van der Waals surface area contributed by atoms with Crippen molar-refractivity contribution in [1.82, 2.24) is 15.6 Å². The first-order chi connectivity index (χ1) is 14.2. The number of guanidine groups is 1. The Morgan fingerprint density at radius 3 is 2.83 bits per heavy atom. The fourth-order valence-corrected chi connectivity index (χ4v) is 3.30. The molecule has 1 fully saturated rings. The van der Waals surface area contributed by atoms with Crippen LogP contribution in [0.3, 0.4) is 0 Å². The predicted octanol–water partition coefficient (Wildman–Crippen LogP) is 3.18. The number of rotatable bonds is 9. The topological polar surface area (TPSA) is 74.9 Å². The molecule has 0 amide bonds. The van der Waals surface area contributed by atoms with Crippen molar-refractivity contribution in [2.45, 2.75) is 39.3 Å². The Morgan fingerprint density at radius 1 is 1.28 bits per heavy atom. The summed E-state index contributed by atoms with van der Waals surface area (Å²) in [4.78, 5) is 11.3. The van der Waals surface area contributed by atoms with Gasteiger partial charge in [-0.3, -0.25) is 4.99 Å². The first kappa shape index (κ1) is 21.2. The number of hydrogen-bond donors (Lipinski definition) is 2. The number of pyridine rings is 1. The van der Waals surface area contributed by atoms with E-state index >= 15 is 0 Å². The SMILES string of the molecule is CN=C(NCCCOCc1ccco1)NCc1ccc(N2CCC(C)CC2)nc1. The smallest absolute Gasteiger partial charge is 0.191 e. The number of anilines is 1. The van der Waals surface area contributed by atoms with Gasteiger partial charge in [-0.15, -0.1) is 0 Å². The second-order valence-corrected chi connectivity index (χ2v) is 7.53. The van der Waals surface area contributed by atoms with Crippen LogP contribution in [-0.4, -0.2) is 44.2 Å². The second-order valence-electron chi connectivity index (χ2n) is 7.53. The zero-order valence-electron chi connectivity index (χ0n) is 17.6. The number of nitrogens with one attached hydrogen (secondary N) is 2. The number of hydrogen-bond acceptors (Lipinski definition) is 5. The molecule has 3 rings (SSSR count). The van der Waals surface area contributed by atoms with E-state index in [9.17, 15) is 0 Å². The Hall–Kier alpha value is -2.54. The number of aromatic nitrogens is 1. The van der Waals surface area contributed by atoms with E-state index in [-0.39, 0.29) is 0 Å². The summed E-state index contributed by atoms with van der Waals surface area (Å²) in [6, 6.07) is 8.05. The summed E-state index contributed by atoms with van der Waals surface area (Å²) in [6.45, 7) is 7.21. The van der Waals surface area contributed by atoms with Crippen LogP contribution in [0.4, 0.5) is 5.82 Å². The summed E-state index contributed by atoms with van der Waals surface area (Å²) >= 11 is 0. The van der Waals surface area contributed by atoms with Gasteiger partial charge in [0.15, 0.2) is 5.96 Å². The highest BCUT2D eigenvalue weighted by Crippen LogP contribution is 2.21. The molecule has 0 aromatic carbocycles. The summed E-state index contributed by atoms with van der Waals surface area (Å²) in [5.74, 6) is 3.55. The van der Waals surface area contributed by atoms with Gasteiger partial charge in [-0.05, 0) is 48.9 Å². The van der Waals surface area contributed by atoms with Crippen molar-refractivity contribution in [3.63, 3.8) is 0 Å². The van der Waals surface area contributed by atoms with E-state index in [4.69, 9.17) is 9.15 Å². The molecule has 3 heterocycles. The van der Waals surface area contributed by atoms with Gasteiger partial charge in [-0.25, -0.2) is 4.98 Å². The zero-order chi connectivity index (χ0) is 20.3. The maximum absolute atomic E-state index is 5.58. The minimum atomic E-state index is 0.513. The maximum Gasteiger partial charge on any atom is 0.191 e. The molecule has 29 heavy (non-hydrogen) atoms. The van der Waals surface area contributed by atoms with Gasteiger partial charge in [-0.2, -0.15) is 0 Å². The number of furan rings is 1. The third-order valence-corrected chi connectivity index (χ3v) is 5.18. The van der Waals surface area contributed by atoms with Crippen LogP contribution in [0.2, 0.25) is 0 Å². The summed E-state index contributed by atoms with van der Waals surface area (Å²) < 4.78 is 10.8. The maximum atomic E-state index is 5.58. The number of ether oxygens (including phenoxy) is 1. The molecule has 7 nitrogen and oxygen atoms in total. The highest BCUT2D eigenvalue weighted by Gasteiger charge is 2.16. The van der Waals surface area contributed by atoms with Crippen LogP contribution < -0.4 is 15.5 Å². The van der Waals surface area contributed by atoms with Crippen molar-refractivity contribution < 1.29 is 9.15 Å². The van der Waals surface area contributed by atoms with Gasteiger partial charge < -0.3 is 24.7 Å². The fraction of sp³-hybridized carbons (Fsp3) is 0.545. The molecule has 0 bridgehead atoms. The lowest BCUT2D eigenvalue weighted by molar-refractivity contribution is 0.105. The zero-order valence-corrected chi connectivity index (χ0v) is 17.6. The molecular weight excluding hydrogens is 366 g/mol. The fourth-order valence-electron chi connectivity index (χ4n) is 3.30. The van der Waals surface area contributed by atoms with Gasteiger partial charge in [-0.1, -0.05) is 13.0 Å². The van der Waals surface area contributed by atoms with Gasteiger partial charge in [0.25, 0.3) is 0 Å². The molecule has 0 unspecified atom stereocenters. The van der Waals surface area contributed by atoms with Crippen molar-refractivity contribution >= 4 is 11.8 Å². The molecule has 0 saturated carbocycles. The lowest BCUT2D eigenvalue weighted by Crippen LogP contribution is -2.37. The summed E-state index contributed by atoms with van der Waals surface area (Å²) in [5, 5.41) is 6.64. The van der Waals surface area contributed by atoms with Crippen LogP contribution in [0.25, 0.3) is 0 Å². The van der Waals surface area contributed by atoms with E-state index in [0.29, 0.717) is 19.8 Å². The van der Waals surface area contributed by atoms with Crippen LogP contribution in [-0.2, 0) is 17.9 Å². The molecular formula is C22H33N5O2. The van der Waals surface area contributed by atoms with Crippen molar-refractivity contribution in [2.75, 3.05) is 38.2 Å². The molecule has 2 aromatic heterocycles. The second kappa shape index (κ2) is 11.5. The number of nitrogens with zero attached hydrogens (tertiary/aromatic N) is 3. The minimum Gasteiger partial charge on any atom is -0.467 e. The number of piperidine rings is 1. The standard InChI is InChI=1S/C22H33N5O2/c1-18-8-11-27(12-9-18)21-7-6-19(15-25-21)16-26-22(23-2)24-10-4-13-28-17-20-5-3-14-29-20/h3,5-7,14-15,18H,4,8-13,16-17H2,1-2H3,(H2,23,24,26). The lowest BCUT2D eigenvalue weighted by atomic mass is 9.99. The molecule has 0 radical (unpaired) electrons. The van der Waals surface area contributed by atoms with Crippen LogP contribution >= 0.6 is 0 Å². The van der Waals surface area contributed by atoms with E-state index in [1.54, 1.807) is 13.3 Å². The monoisotopic (exact) mass is 399 g/mol. The van der Waals surface area contributed by atoms with Crippen LogP contribution in [0.15, 0.2) is 46.1 Å². The average molecular weight is 400 g/mol. The third-order valence-electron chi connectivity index (χ3n) is 5.18. The lowest BCUT2D eigenvalue weighted by Gasteiger charge is -2.31. The summed E-state index contributed by atoms with van der Waals surface area (Å²) in [6.07, 6.45) is 7.01. The molecule has 1 aliphatic rings. The first-order valence-corrected chi connectivity index (χ1v) is 10.5. The van der Waals surface area contributed by atoms with Gasteiger partial charge in [0.2, 0.25) is 0 Å². The molecule has 2 aromatic rings. The quantitative estimate of drug-likeness (QED) is 0.383. The predicted molar refractivity (Wildman–Crippen MR) is 116 cm³/mol. The van der Waals surface area contributed by atoms with Crippen molar-refractivity contribution in [1.29, 1.82) is 0 Å². The minimum absolute atomic E-state index is 0.513.